The Hall–Kier alpha value is -3.93. The number of hydrogen-bond donors (Lipinski definition) is 1. The first-order valence-electron chi connectivity index (χ1n) is 10.8. The summed E-state index contributed by atoms with van der Waals surface area (Å²) in [6.07, 6.45) is 0.881. The van der Waals surface area contributed by atoms with Gasteiger partial charge in [-0.15, -0.1) is 0 Å². The Balaban J connectivity index is 1.77. The number of anilines is 2. The van der Waals surface area contributed by atoms with Crippen LogP contribution >= 0.6 is 0 Å². The molecule has 0 bridgehead atoms. The zero-order valence-electron chi connectivity index (χ0n) is 18.8. The molecule has 33 heavy (non-hydrogen) atoms. The molecule has 0 fully saturated rings. The van der Waals surface area contributed by atoms with Gasteiger partial charge in [0.25, 0.3) is 11.8 Å². The maximum Gasteiger partial charge on any atom is 0.282 e. The molecule has 0 saturated heterocycles. The van der Waals surface area contributed by atoms with Crippen LogP contribution in [0.2, 0.25) is 0 Å². The molecule has 2 amide bonds. The van der Waals surface area contributed by atoms with E-state index >= 15 is 0 Å². The molecule has 1 aliphatic rings. The number of aryl methyl sites for hydroxylation is 2. The summed E-state index contributed by atoms with van der Waals surface area (Å²) in [5.41, 5.74) is 3.99. The topological polar surface area (TPSA) is 58.6 Å². The minimum absolute atomic E-state index is 0.148. The second kappa shape index (κ2) is 9.28. The zero-order chi connectivity index (χ0) is 23.5. The van der Waals surface area contributed by atoms with Crippen LogP contribution < -0.4 is 15.0 Å². The van der Waals surface area contributed by atoms with E-state index in [1.54, 1.807) is 24.3 Å². The lowest BCUT2D eigenvalue weighted by Crippen LogP contribution is -2.32. The van der Waals surface area contributed by atoms with Crippen LogP contribution in [0, 0.1) is 19.7 Å². The summed E-state index contributed by atoms with van der Waals surface area (Å²) in [5.74, 6) is -0.893. The molecule has 1 aliphatic heterocycles. The van der Waals surface area contributed by atoms with Crippen LogP contribution in [0.1, 0.15) is 30.0 Å². The summed E-state index contributed by atoms with van der Waals surface area (Å²) in [4.78, 5) is 27.9. The fraction of sp³-hybridized carbons (Fsp3) is 0.185. The number of benzene rings is 3. The Morgan fingerprint density at radius 1 is 0.909 bits per heavy atom. The quantitative estimate of drug-likeness (QED) is 0.480. The van der Waals surface area contributed by atoms with Crippen LogP contribution in [0.4, 0.5) is 15.8 Å². The van der Waals surface area contributed by atoms with Gasteiger partial charge in [-0.1, -0.05) is 31.2 Å². The van der Waals surface area contributed by atoms with Gasteiger partial charge in [0.15, 0.2) is 0 Å². The first-order chi connectivity index (χ1) is 15.9. The van der Waals surface area contributed by atoms with Crippen molar-refractivity contribution in [2.45, 2.75) is 27.2 Å². The van der Waals surface area contributed by atoms with Crippen molar-refractivity contribution in [1.29, 1.82) is 0 Å². The Morgan fingerprint density at radius 3 is 2.33 bits per heavy atom. The molecular formula is C27H25FN2O3. The molecular weight excluding hydrogens is 419 g/mol. The van der Waals surface area contributed by atoms with E-state index in [9.17, 15) is 14.0 Å². The van der Waals surface area contributed by atoms with E-state index in [0.717, 1.165) is 22.4 Å². The van der Waals surface area contributed by atoms with E-state index in [0.29, 0.717) is 23.6 Å². The maximum absolute atomic E-state index is 13.9. The van der Waals surface area contributed by atoms with Crippen molar-refractivity contribution in [3.8, 4) is 5.75 Å². The van der Waals surface area contributed by atoms with Crippen LogP contribution in [0.3, 0.4) is 0 Å². The third kappa shape index (κ3) is 4.51. The van der Waals surface area contributed by atoms with E-state index in [4.69, 9.17) is 4.74 Å². The smallest absolute Gasteiger partial charge is 0.282 e. The number of ether oxygens (including phenoxy) is 1. The van der Waals surface area contributed by atoms with E-state index in [1.807, 2.05) is 39.0 Å². The molecule has 3 aromatic carbocycles. The lowest BCUT2D eigenvalue weighted by atomic mass is 10.0. The summed E-state index contributed by atoms with van der Waals surface area (Å²) in [5, 5.41) is 3.14. The monoisotopic (exact) mass is 444 g/mol. The summed E-state index contributed by atoms with van der Waals surface area (Å²) in [7, 11) is 0. The van der Waals surface area contributed by atoms with E-state index in [1.165, 1.54) is 24.3 Å². The van der Waals surface area contributed by atoms with Gasteiger partial charge in [0.2, 0.25) is 0 Å². The molecule has 6 heteroatoms. The molecule has 0 spiro atoms. The number of carbonyl (C=O) groups excluding carboxylic acids is 2. The number of rotatable bonds is 7. The summed E-state index contributed by atoms with van der Waals surface area (Å²) >= 11 is 0. The highest BCUT2D eigenvalue weighted by Crippen LogP contribution is 2.34. The minimum Gasteiger partial charge on any atom is -0.494 e. The van der Waals surface area contributed by atoms with Gasteiger partial charge in [-0.25, -0.2) is 9.29 Å². The van der Waals surface area contributed by atoms with Crippen LogP contribution in [-0.2, 0) is 9.59 Å². The van der Waals surface area contributed by atoms with Crippen molar-refractivity contribution < 1.29 is 18.7 Å². The molecule has 1 N–H and O–H groups in total. The summed E-state index contributed by atoms with van der Waals surface area (Å²) in [6, 6.07) is 18.2. The first kappa shape index (κ1) is 22.3. The average molecular weight is 445 g/mol. The van der Waals surface area contributed by atoms with E-state index in [2.05, 4.69) is 5.32 Å². The lowest BCUT2D eigenvalue weighted by Gasteiger charge is -2.15. The normalized spacial score (nSPS) is 13.6. The van der Waals surface area contributed by atoms with Crippen LogP contribution in [-0.4, -0.2) is 18.4 Å². The zero-order valence-corrected chi connectivity index (χ0v) is 18.8. The SMILES string of the molecule is CCCOc1ccc(C2=C(Nc3ccc(C)c(C)c3)C(=O)N(c3cccc(F)c3)C2=O)cc1. The van der Waals surface area contributed by atoms with Crippen molar-refractivity contribution in [1.82, 2.24) is 0 Å². The highest BCUT2D eigenvalue weighted by atomic mass is 19.1. The Kier molecular flexibility index (Phi) is 6.27. The number of nitrogens with one attached hydrogen (secondary N) is 1. The summed E-state index contributed by atoms with van der Waals surface area (Å²) < 4.78 is 19.5. The molecule has 0 atom stereocenters. The van der Waals surface area contributed by atoms with Gasteiger partial charge in [0.05, 0.1) is 17.9 Å². The van der Waals surface area contributed by atoms with Gasteiger partial charge in [0.1, 0.15) is 17.3 Å². The van der Waals surface area contributed by atoms with Gasteiger partial charge < -0.3 is 10.1 Å². The lowest BCUT2D eigenvalue weighted by molar-refractivity contribution is -0.120. The van der Waals surface area contributed by atoms with Crippen LogP contribution in [0.5, 0.6) is 5.75 Å². The molecule has 0 aromatic heterocycles. The number of halogens is 1. The number of hydrogen-bond acceptors (Lipinski definition) is 4. The Morgan fingerprint density at radius 2 is 1.67 bits per heavy atom. The highest BCUT2D eigenvalue weighted by molar-refractivity contribution is 6.46. The van der Waals surface area contributed by atoms with Gasteiger partial charge in [-0.3, -0.25) is 9.59 Å². The van der Waals surface area contributed by atoms with Crippen molar-refractivity contribution in [2.24, 2.45) is 0 Å². The van der Waals surface area contributed by atoms with Crippen molar-refractivity contribution in [2.75, 3.05) is 16.8 Å². The fourth-order valence-electron chi connectivity index (χ4n) is 3.66. The fourth-order valence-corrected chi connectivity index (χ4v) is 3.66. The van der Waals surface area contributed by atoms with Crippen molar-refractivity contribution in [3.63, 3.8) is 0 Å². The standard InChI is InChI=1S/C27H25FN2O3/c1-4-14-33-23-12-9-19(10-13-23)24-25(29-21-11-8-17(2)18(3)15-21)27(32)30(26(24)31)22-7-5-6-20(28)16-22/h5-13,15-16,29H,4,14H2,1-3H3. The first-order valence-corrected chi connectivity index (χ1v) is 10.8. The Bertz CT molecular complexity index is 1250. The van der Waals surface area contributed by atoms with E-state index < -0.39 is 17.6 Å². The number of nitrogens with zero attached hydrogens (tertiary/aromatic N) is 1. The third-order valence-corrected chi connectivity index (χ3v) is 5.54. The van der Waals surface area contributed by atoms with Gasteiger partial charge in [-0.2, -0.15) is 0 Å². The molecule has 1 heterocycles. The van der Waals surface area contributed by atoms with Crippen molar-refractivity contribution >= 4 is 28.8 Å². The largest absolute Gasteiger partial charge is 0.494 e. The molecule has 0 saturated carbocycles. The number of imide groups is 1. The van der Waals surface area contributed by atoms with Gasteiger partial charge in [-0.05, 0) is 79.4 Å². The number of carbonyl (C=O) groups is 2. The molecule has 0 aliphatic carbocycles. The molecule has 0 radical (unpaired) electrons. The van der Waals surface area contributed by atoms with Gasteiger partial charge in [0, 0.05) is 5.69 Å². The summed E-state index contributed by atoms with van der Waals surface area (Å²) in [6.45, 7) is 6.59. The average Bonchev–Trinajstić information content (AvgIpc) is 3.04. The molecule has 5 nitrogen and oxygen atoms in total. The molecule has 3 aromatic rings. The predicted octanol–water partition coefficient (Wildman–Crippen LogP) is 5.63. The maximum atomic E-state index is 13.9. The van der Waals surface area contributed by atoms with Crippen LogP contribution in [0.25, 0.3) is 5.57 Å². The van der Waals surface area contributed by atoms with Crippen LogP contribution in [0.15, 0.2) is 72.4 Å². The van der Waals surface area contributed by atoms with Crippen molar-refractivity contribution in [3.05, 3.63) is 94.9 Å². The Labute approximate surface area is 192 Å². The molecule has 4 rings (SSSR count). The second-order valence-electron chi connectivity index (χ2n) is 7.97. The molecule has 0 unspecified atom stereocenters. The van der Waals surface area contributed by atoms with E-state index in [-0.39, 0.29) is 17.0 Å². The van der Waals surface area contributed by atoms with Gasteiger partial charge >= 0.3 is 0 Å². The second-order valence-corrected chi connectivity index (χ2v) is 7.97. The third-order valence-electron chi connectivity index (χ3n) is 5.54. The highest BCUT2D eigenvalue weighted by Gasteiger charge is 2.40. The minimum atomic E-state index is -0.537. The molecule has 168 valence electrons. The number of amides is 2. The predicted molar refractivity (Wildman–Crippen MR) is 128 cm³/mol.